The van der Waals surface area contributed by atoms with E-state index >= 15 is 0 Å². The number of para-hydroxylation sites is 1. The van der Waals surface area contributed by atoms with E-state index in [0.717, 1.165) is 39.1 Å². The SMILES string of the molecule is c1ccc(-c2ccc(-c3nc(-c4ccccc4)nc(-c4ccc(-c5ccc6c7ccccc7n(-c7cccc(-c8ccccc8)c7)c6c5)cc4)n3)cc2)cc1. The standard InChI is InChI=1S/C51H34N4/c1-4-13-35(14-5-1)37-23-27-40(28-24-37)50-52-49(39-17-8-3-9-18-39)53-51(54-50)41-29-25-38(26-30-41)43-31-32-46-45-21-10-11-22-47(45)55(48(46)34-43)44-20-12-19-42(33-44)36-15-6-2-7-16-36/h1-34H. The molecule has 0 saturated carbocycles. The van der Waals surface area contributed by atoms with Crippen molar-refractivity contribution in [2.24, 2.45) is 0 Å². The summed E-state index contributed by atoms with van der Waals surface area (Å²) in [5.74, 6) is 1.92. The van der Waals surface area contributed by atoms with E-state index in [-0.39, 0.29) is 0 Å². The normalized spacial score (nSPS) is 11.3. The van der Waals surface area contributed by atoms with Crippen LogP contribution in [-0.4, -0.2) is 19.5 Å². The third kappa shape index (κ3) is 6.16. The molecule has 258 valence electrons. The first-order chi connectivity index (χ1) is 27.2. The van der Waals surface area contributed by atoms with Gasteiger partial charge in [-0.2, -0.15) is 0 Å². The molecule has 10 rings (SSSR count). The third-order valence-electron chi connectivity index (χ3n) is 10.3. The van der Waals surface area contributed by atoms with Gasteiger partial charge in [-0.15, -0.1) is 0 Å². The molecule has 0 N–H and O–H groups in total. The fraction of sp³-hybridized carbons (Fsp3) is 0. The zero-order valence-corrected chi connectivity index (χ0v) is 29.9. The van der Waals surface area contributed by atoms with Crippen molar-refractivity contribution in [3.8, 4) is 73.2 Å². The minimum Gasteiger partial charge on any atom is -0.309 e. The molecule has 0 unspecified atom stereocenters. The highest BCUT2D eigenvalue weighted by Gasteiger charge is 2.16. The molecule has 55 heavy (non-hydrogen) atoms. The summed E-state index contributed by atoms with van der Waals surface area (Å²) in [5.41, 5.74) is 13.3. The van der Waals surface area contributed by atoms with E-state index < -0.39 is 0 Å². The van der Waals surface area contributed by atoms with Gasteiger partial charge in [0.2, 0.25) is 0 Å². The summed E-state index contributed by atoms with van der Waals surface area (Å²) >= 11 is 0. The number of rotatable bonds is 7. The Kier molecular flexibility index (Phi) is 8.12. The Hall–Kier alpha value is -7.43. The molecule has 0 atom stereocenters. The molecular formula is C51H34N4. The van der Waals surface area contributed by atoms with Crippen molar-refractivity contribution >= 4 is 21.8 Å². The van der Waals surface area contributed by atoms with Crippen LogP contribution in [0, 0.1) is 0 Å². The smallest absolute Gasteiger partial charge is 0.164 e. The lowest BCUT2D eigenvalue weighted by Gasteiger charge is -2.12. The molecule has 2 aromatic heterocycles. The summed E-state index contributed by atoms with van der Waals surface area (Å²) in [4.78, 5) is 14.9. The van der Waals surface area contributed by atoms with Crippen LogP contribution in [-0.2, 0) is 0 Å². The molecule has 10 aromatic rings. The van der Waals surface area contributed by atoms with Gasteiger partial charge in [-0.05, 0) is 57.6 Å². The van der Waals surface area contributed by atoms with Gasteiger partial charge in [0.1, 0.15) is 0 Å². The van der Waals surface area contributed by atoms with Crippen molar-refractivity contribution in [1.82, 2.24) is 19.5 Å². The van der Waals surface area contributed by atoms with Crippen LogP contribution < -0.4 is 0 Å². The predicted octanol–water partition coefficient (Wildman–Crippen LogP) is 13.0. The molecule has 0 bridgehead atoms. The molecule has 0 aliphatic carbocycles. The van der Waals surface area contributed by atoms with E-state index in [4.69, 9.17) is 15.0 Å². The van der Waals surface area contributed by atoms with E-state index in [1.54, 1.807) is 0 Å². The quantitative estimate of drug-likeness (QED) is 0.166. The van der Waals surface area contributed by atoms with Gasteiger partial charge >= 0.3 is 0 Å². The number of hydrogen-bond acceptors (Lipinski definition) is 3. The summed E-state index contributed by atoms with van der Waals surface area (Å²) in [5, 5.41) is 2.46. The van der Waals surface area contributed by atoms with Gasteiger partial charge in [-0.25, -0.2) is 15.0 Å². The van der Waals surface area contributed by atoms with Crippen LogP contribution in [0.1, 0.15) is 0 Å². The summed E-state index contributed by atoms with van der Waals surface area (Å²) < 4.78 is 2.39. The highest BCUT2D eigenvalue weighted by atomic mass is 15.0. The van der Waals surface area contributed by atoms with Gasteiger partial charge in [0.15, 0.2) is 17.5 Å². The zero-order valence-electron chi connectivity index (χ0n) is 29.9. The lowest BCUT2D eigenvalue weighted by atomic mass is 10.0. The van der Waals surface area contributed by atoms with Crippen LogP contribution in [0.3, 0.4) is 0 Å². The predicted molar refractivity (Wildman–Crippen MR) is 227 cm³/mol. The van der Waals surface area contributed by atoms with Crippen LogP contribution in [0.25, 0.3) is 95.0 Å². The topological polar surface area (TPSA) is 43.6 Å². The van der Waals surface area contributed by atoms with Gasteiger partial charge < -0.3 is 4.57 Å². The largest absolute Gasteiger partial charge is 0.309 e. The van der Waals surface area contributed by atoms with Crippen molar-refractivity contribution in [2.75, 3.05) is 0 Å². The molecule has 0 spiro atoms. The summed E-state index contributed by atoms with van der Waals surface area (Å²) in [6.07, 6.45) is 0. The van der Waals surface area contributed by atoms with Gasteiger partial charge in [0.25, 0.3) is 0 Å². The maximum atomic E-state index is 5.02. The first-order valence-corrected chi connectivity index (χ1v) is 18.5. The number of nitrogens with zero attached hydrogens (tertiary/aromatic N) is 4. The first kappa shape index (κ1) is 32.2. The molecule has 0 aliphatic heterocycles. The molecule has 0 saturated heterocycles. The summed E-state index contributed by atoms with van der Waals surface area (Å²) in [6, 6.07) is 72.3. The van der Waals surface area contributed by atoms with Gasteiger partial charge in [0.05, 0.1) is 11.0 Å². The molecular weight excluding hydrogens is 669 g/mol. The zero-order chi connectivity index (χ0) is 36.6. The second-order valence-electron chi connectivity index (χ2n) is 13.7. The minimum absolute atomic E-state index is 0.636. The van der Waals surface area contributed by atoms with Crippen LogP contribution in [0.5, 0.6) is 0 Å². The van der Waals surface area contributed by atoms with Crippen molar-refractivity contribution in [3.63, 3.8) is 0 Å². The molecule has 0 amide bonds. The van der Waals surface area contributed by atoms with E-state index in [9.17, 15) is 0 Å². The Morgan fingerprint density at radius 1 is 0.255 bits per heavy atom. The monoisotopic (exact) mass is 702 g/mol. The number of aromatic nitrogens is 4. The maximum Gasteiger partial charge on any atom is 0.164 e. The Morgan fingerprint density at radius 3 is 1.24 bits per heavy atom. The fourth-order valence-corrected chi connectivity index (χ4v) is 7.49. The van der Waals surface area contributed by atoms with Crippen LogP contribution >= 0.6 is 0 Å². The number of fused-ring (bicyclic) bond motifs is 3. The van der Waals surface area contributed by atoms with E-state index in [1.165, 1.54) is 38.5 Å². The van der Waals surface area contributed by atoms with Crippen LogP contribution in [0.15, 0.2) is 206 Å². The lowest BCUT2D eigenvalue weighted by molar-refractivity contribution is 1.07. The van der Waals surface area contributed by atoms with Crippen LogP contribution in [0.4, 0.5) is 0 Å². The Balaban J connectivity index is 1.03. The van der Waals surface area contributed by atoms with Crippen molar-refractivity contribution in [3.05, 3.63) is 206 Å². The van der Waals surface area contributed by atoms with Gasteiger partial charge in [-0.3, -0.25) is 0 Å². The van der Waals surface area contributed by atoms with Crippen LogP contribution in [0.2, 0.25) is 0 Å². The maximum absolute atomic E-state index is 5.02. The second kappa shape index (κ2) is 13.8. The van der Waals surface area contributed by atoms with E-state index in [2.05, 4.69) is 174 Å². The Morgan fingerprint density at radius 2 is 0.636 bits per heavy atom. The van der Waals surface area contributed by atoms with Gasteiger partial charge in [0, 0.05) is 33.2 Å². The third-order valence-corrected chi connectivity index (χ3v) is 10.3. The molecule has 0 fully saturated rings. The second-order valence-corrected chi connectivity index (χ2v) is 13.7. The fourth-order valence-electron chi connectivity index (χ4n) is 7.49. The molecule has 4 nitrogen and oxygen atoms in total. The molecule has 2 heterocycles. The first-order valence-electron chi connectivity index (χ1n) is 18.5. The van der Waals surface area contributed by atoms with Crippen molar-refractivity contribution in [1.29, 1.82) is 0 Å². The number of hydrogen-bond donors (Lipinski definition) is 0. The average molecular weight is 703 g/mol. The molecule has 8 aromatic carbocycles. The summed E-state index contributed by atoms with van der Waals surface area (Å²) in [7, 11) is 0. The highest BCUT2D eigenvalue weighted by molar-refractivity contribution is 6.10. The number of benzene rings is 8. The molecule has 0 radical (unpaired) electrons. The Labute approximate surface area is 319 Å². The minimum atomic E-state index is 0.636. The lowest BCUT2D eigenvalue weighted by Crippen LogP contribution is -2.00. The van der Waals surface area contributed by atoms with E-state index in [0.29, 0.717) is 17.5 Å². The van der Waals surface area contributed by atoms with Gasteiger partial charge in [-0.1, -0.05) is 182 Å². The van der Waals surface area contributed by atoms with Crippen molar-refractivity contribution in [2.45, 2.75) is 0 Å². The highest BCUT2D eigenvalue weighted by Crippen LogP contribution is 2.36. The average Bonchev–Trinajstić information content (AvgIpc) is 3.61. The van der Waals surface area contributed by atoms with Crippen molar-refractivity contribution < 1.29 is 0 Å². The molecule has 4 heteroatoms. The Bertz CT molecular complexity index is 2930. The molecule has 0 aliphatic rings. The van der Waals surface area contributed by atoms with E-state index in [1.807, 2.05) is 36.4 Å². The summed E-state index contributed by atoms with van der Waals surface area (Å²) in [6.45, 7) is 0.